The number of fused-ring (bicyclic) bond motifs is 1. The van der Waals surface area contributed by atoms with E-state index in [1.165, 1.54) is 36.2 Å². The minimum atomic E-state index is 0.632. The van der Waals surface area contributed by atoms with E-state index in [1.807, 2.05) is 0 Å². The Balaban J connectivity index is 2.01. The smallest absolute Gasteiger partial charge is 0.120 e. The van der Waals surface area contributed by atoms with Crippen molar-refractivity contribution in [1.29, 1.82) is 0 Å². The molecule has 0 radical (unpaired) electrons. The third-order valence-corrected chi connectivity index (χ3v) is 5.09. The second-order valence-corrected chi connectivity index (χ2v) is 5.90. The number of anilines is 1. The van der Waals surface area contributed by atoms with Gasteiger partial charge in [-0.15, -0.1) is 0 Å². The molecule has 1 aromatic heterocycles. The lowest BCUT2D eigenvalue weighted by atomic mass is 10.0. The van der Waals surface area contributed by atoms with E-state index in [1.54, 1.807) is 11.5 Å². The van der Waals surface area contributed by atoms with E-state index in [2.05, 4.69) is 49.5 Å². The summed E-state index contributed by atoms with van der Waals surface area (Å²) in [7, 11) is 0. The van der Waals surface area contributed by atoms with Crippen LogP contribution in [0.4, 0.5) is 5.00 Å². The van der Waals surface area contributed by atoms with Crippen LogP contribution in [0.5, 0.6) is 0 Å². The minimum absolute atomic E-state index is 0.632. The van der Waals surface area contributed by atoms with Gasteiger partial charge in [0, 0.05) is 23.3 Å². The number of rotatable bonds is 2. The first-order valence-corrected chi connectivity index (χ1v) is 7.96. The maximum absolute atomic E-state index is 4.55. The number of hydrogen-bond acceptors (Lipinski definition) is 3. The zero-order chi connectivity index (χ0) is 11.7. The van der Waals surface area contributed by atoms with Gasteiger partial charge in [-0.2, -0.15) is 4.37 Å². The lowest BCUT2D eigenvalue weighted by Gasteiger charge is -2.35. The lowest BCUT2D eigenvalue weighted by molar-refractivity contribution is 0.494. The van der Waals surface area contributed by atoms with Crippen molar-refractivity contribution >= 4 is 43.4 Å². The molecule has 0 N–H and O–H groups in total. The largest absolute Gasteiger partial charge is 0.358 e. The average molecular weight is 311 g/mol. The molecule has 1 atom stereocenters. The number of nitrogens with zero attached hydrogens (tertiary/aromatic N) is 2. The average Bonchev–Trinajstić information content (AvgIpc) is 2.82. The molecule has 0 spiro atoms. The van der Waals surface area contributed by atoms with Crippen LogP contribution in [0.25, 0.3) is 10.9 Å². The Morgan fingerprint density at radius 3 is 3.12 bits per heavy atom. The Kier molecular flexibility index (Phi) is 3.34. The molecule has 2 nitrogen and oxygen atoms in total. The summed E-state index contributed by atoms with van der Waals surface area (Å²) >= 11 is 5.29. The molecule has 0 saturated carbocycles. The van der Waals surface area contributed by atoms with Gasteiger partial charge in [-0.25, -0.2) is 0 Å². The molecule has 1 fully saturated rings. The fraction of sp³-hybridized carbons (Fsp3) is 0.462. The Hall–Kier alpha value is -0.610. The summed E-state index contributed by atoms with van der Waals surface area (Å²) in [5, 5.41) is 3.72. The van der Waals surface area contributed by atoms with Crippen molar-refractivity contribution in [3.8, 4) is 0 Å². The molecule has 0 bridgehead atoms. The maximum atomic E-state index is 4.55. The standard InChI is InChI=1S/C13H15BrN2S/c14-9-10-5-3-4-8-16(10)13-11-6-1-2-7-12(11)15-17-13/h1-2,6-7,10H,3-5,8-9H2. The molecular formula is C13H15BrN2S. The van der Waals surface area contributed by atoms with E-state index in [0.717, 1.165) is 10.8 Å². The van der Waals surface area contributed by atoms with Crippen LogP contribution in [-0.4, -0.2) is 22.3 Å². The molecule has 2 heterocycles. The first-order chi connectivity index (χ1) is 8.40. The second kappa shape index (κ2) is 4.94. The van der Waals surface area contributed by atoms with E-state index < -0.39 is 0 Å². The number of hydrogen-bond donors (Lipinski definition) is 0. The maximum Gasteiger partial charge on any atom is 0.120 e. The van der Waals surface area contributed by atoms with E-state index in [0.29, 0.717) is 6.04 Å². The number of halogens is 1. The van der Waals surface area contributed by atoms with Crippen LogP contribution >= 0.6 is 27.5 Å². The van der Waals surface area contributed by atoms with Gasteiger partial charge in [0.1, 0.15) is 5.00 Å². The van der Waals surface area contributed by atoms with E-state index >= 15 is 0 Å². The molecule has 1 saturated heterocycles. The molecule has 4 heteroatoms. The topological polar surface area (TPSA) is 16.1 Å². The van der Waals surface area contributed by atoms with Gasteiger partial charge in [0.2, 0.25) is 0 Å². The highest BCUT2D eigenvalue weighted by Gasteiger charge is 2.24. The quantitative estimate of drug-likeness (QED) is 0.778. The molecule has 2 aromatic rings. The summed E-state index contributed by atoms with van der Waals surface area (Å²) in [5.74, 6) is 0. The molecule has 3 rings (SSSR count). The van der Waals surface area contributed by atoms with Crippen molar-refractivity contribution in [2.24, 2.45) is 0 Å². The molecule has 90 valence electrons. The third-order valence-electron chi connectivity index (χ3n) is 3.43. The highest BCUT2D eigenvalue weighted by Crippen LogP contribution is 2.35. The summed E-state index contributed by atoms with van der Waals surface area (Å²) in [6, 6.07) is 9.08. The molecule has 1 unspecified atom stereocenters. The van der Waals surface area contributed by atoms with Gasteiger partial charge in [-0.05, 0) is 42.9 Å². The van der Waals surface area contributed by atoms with Gasteiger partial charge in [0.05, 0.1) is 5.52 Å². The molecule has 0 aliphatic carbocycles. The van der Waals surface area contributed by atoms with Gasteiger partial charge >= 0.3 is 0 Å². The van der Waals surface area contributed by atoms with Crippen LogP contribution in [0.15, 0.2) is 24.3 Å². The fourth-order valence-corrected chi connectivity index (χ4v) is 4.14. The third kappa shape index (κ3) is 2.08. The first-order valence-electron chi connectivity index (χ1n) is 6.07. The van der Waals surface area contributed by atoms with E-state index in [9.17, 15) is 0 Å². The zero-order valence-electron chi connectivity index (χ0n) is 9.60. The lowest BCUT2D eigenvalue weighted by Crippen LogP contribution is -2.40. The van der Waals surface area contributed by atoms with E-state index in [4.69, 9.17) is 0 Å². The summed E-state index contributed by atoms with van der Waals surface area (Å²) in [5.41, 5.74) is 1.13. The molecule has 0 amide bonds. The summed E-state index contributed by atoms with van der Waals surface area (Å²) in [6.45, 7) is 1.17. The van der Waals surface area contributed by atoms with Crippen molar-refractivity contribution in [2.75, 3.05) is 16.8 Å². The Morgan fingerprint density at radius 2 is 2.24 bits per heavy atom. The molecular weight excluding hydrogens is 296 g/mol. The normalized spacial score (nSPS) is 21.0. The van der Waals surface area contributed by atoms with Crippen molar-refractivity contribution in [3.05, 3.63) is 24.3 Å². The summed E-state index contributed by atoms with van der Waals surface area (Å²) in [4.78, 5) is 2.54. The van der Waals surface area contributed by atoms with Gasteiger partial charge in [-0.3, -0.25) is 0 Å². The first kappa shape index (κ1) is 11.5. The van der Waals surface area contributed by atoms with Gasteiger partial charge in [0.15, 0.2) is 0 Å². The number of benzene rings is 1. The highest BCUT2D eigenvalue weighted by atomic mass is 79.9. The van der Waals surface area contributed by atoms with Crippen LogP contribution in [0.1, 0.15) is 19.3 Å². The second-order valence-electron chi connectivity index (χ2n) is 4.50. The Labute approximate surface area is 114 Å². The van der Waals surface area contributed by atoms with Gasteiger partial charge in [0.25, 0.3) is 0 Å². The summed E-state index contributed by atoms with van der Waals surface area (Å²) < 4.78 is 4.55. The van der Waals surface area contributed by atoms with Crippen LogP contribution in [0.3, 0.4) is 0 Å². The van der Waals surface area contributed by atoms with Crippen LogP contribution in [-0.2, 0) is 0 Å². The monoisotopic (exact) mass is 310 g/mol. The molecule has 1 aliphatic rings. The van der Waals surface area contributed by atoms with Crippen LogP contribution in [0.2, 0.25) is 0 Å². The van der Waals surface area contributed by atoms with Crippen molar-refractivity contribution in [1.82, 2.24) is 4.37 Å². The van der Waals surface area contributed by atoms with Gasteiger partial charge in [-0.1, -0.05) is 28.1 Å². The predicted molar refractivity (Wildman–Crippen MR) is 78.4 cm³/mol. The Morgan fingerprint density at radius 1 is 1.35 bits per heavy atom. The predicted octanol–water partition coefficient (Wildman–Crippen LogP) is 4.05. The fourth-order valence-electron chi connectivity index (χ4n) is 2.51. The zero-order valence-corrected chi connectivity index (χ0v) is 12.0. The SMILES string of the molecule is BrCC1CCCCN1c1snc2ccccc12. The van der Waals surface area contributed by atoms with Crippen molar-refractivity contribution < 1.29 is 0 Å². The molecule has 17 heavy (non-hydrogen) atoms. The minimum Gasteiger partial charge on any atom is -0.358 e. The van der Waals surface area contributed by atoms with Gasteiger partial charge < -0.3 is 4.90 Å². The Bertz CT molecular complexity index is 511. The van der Waals surface area contributed by atoms with E-state index in [-0.39, 0.29) is 0 Å². The highest BCUT2D eigenvalue weighted by molar-refractivity contribution is 9.09. The van der Waals surface area contributed by atoms with Crippen molar-refractivity contribution in [2.45, 2.75) is 25.3 Å². The number of alkyl halides is 1. The molecule has 1 aliphatic heterocycles. The summed E-state index contributed by atoms with van der Waals surface area (Å²) in [6.07, 6.45) is 3.94. The van der Waals surface area contributed by atoms with Crippen LogP contribution in [0, 0.1) is 0 Å². The van der Waals surface area contributed by atoms with Crippen LogP contribution < -0.4 is 4.90 Å². The van der Waals surface area contributed by atoms with Crippen molar-refractivity contribution in [3.63, 3.8) is 0 Å². The molecule has 1 aromatic carbocycles. The number of aromatic nitrogens is 1. The number of piperidine rings is 1.